The van der Waals surface area contributed by atoms with Crippen LogP contribution in [0.4, 0.5) is 0 Å². The second-order valence-electron chi connectivity index (χ2n) is 4.14. The summed E-state index contributed by atoms with van der Waals surface area (Å²) >= 11 is 12.9. The molecule has 0 unspecified atom stereocenters. The van der Waals surface area contributed by atoms with E-state index in [0.717, 1.165) is 11.3 Å². The number of nitrogens with one attached hydrogen (secondary N) is 1. The van der Waals surface area contributed by atoms with E-state index in [2.05, 4.69) is 9.46 Å². The highest BCUT2D eigenvalue weighted by Crippen LogP contribution is 2.27. The maximum absolute atomic E-state index is 12.3. The summed E-state index contributed by atoms with van der Waals surface area (Å²) in [7, 11) is -2.68. The maximum Gasteiger partial charge on any atom is 0.349 e. The third-order valence-corrected chi connectivity index (χ3v) is 6.10. The summed E-state index contributed by atoms with van der Waals surface area (Å²) in [4.78, 5) is 11.5. The number of ether oxygens (including phenoxy) is 1. The number of rotatable bonds is 5. The van der Waals surface area contributed by atoms with E-state index < -0.39 is 16.0 Å². The summed E-state index contributed by atoms with van der Waals surface area (Å²) in [6, 6.07) is 6.28. The predicted octanol–water partition coefficient (Wildman–Crippen LogP) is 3.32. The standard InChI is InChI=1S/C13H11Cl2NO4S2/c1-20-13(17)12-10(5-6-21-12)22(18,19)16-7-8-3-2-4-9(14)11(8)15/h2-6,16H,7H2,1H3. The molecule has 22 heavy (non-hydrogen) atoms. The van der Waals surface area contributed by atoms with E-state index in [4.69, 9.17) is 23.2 Å². The van der Waals surface area contributed by atoms with E-state index in [9.17, 15) is 13.2 Å². The minimum atomic E-state index is -3.87. The van der Waals surface area contributed by atoms with Crippen LogP contribution in [-0.4, -0.2) is 21.5 Å². The second kappa shape index (κ2) is 6.97. The molecule has 1 aromatic heterocycles. The molecule has 0 saturated heterocycles. The lowest BCUT2D eigenvalue weighted by atomic mass is 10.2. The Bertz CT molecular complexity index is 802. The monoisotopic (exact) mass is 379 g/mol. The van der Waals surface area contributed by atoms with Gasteiger partial charge in [0.1, 0.15) is 9.77 Å². The quantitative estimate of drug-likeness (QED) is 0.808. The third-order valence-electron chi connectivity index (χ3n) is 2.77. The molecule has 1 heterocycles. The Kier molecular flexibility index (Phi) is 5.46. The Hall–Kier alpha value is -1.12. The summed E-state index contributed by atoms with van der Waals surface area (Å²) < 4.78 is 31.6. The predicted molar refractivity (Wildman–Crippen MR) is 86.1 cm³/mol. The van der Waals surface area contributed by atoms with Gasteiger partial charge >= 0.3 is 5.97 Å². The van der Waals surface area contributed by atoms with Gasteiger partial charge in [-0.25, -0.2) is 17.9 Å². The molecule has 1 aromatic carbocycles. The van der Waals surface area contributed by atoms with Crippen molar-refractivity contribution in [3.63, 3.8) is 0 Å². The van der Waals surface area contributed by atoms with Gasteiger partial charge in [-0.3, -0.25) is 0 Å². The molecule has 0 atom stereocenters. The Morgan fingerprint density at radius 1 is 1.32 bits per heavy atom. The zero-order valence-corrected chi connectivity index (χ0v) is 14.4. The van der Waals surface area contributed by atoms with Gasteiger partial charge in [-0.05, 0) is 23.1 Å². The van der Waals surface area contributed by atoms with Gasteiger partial charge in [-0.15, -0.1) is 11.3 Å². The van der Waals surface area contributed by atoms with Gasteiger partial charge in [-0.1, -0.05) is 35.3 Å². The third kappa shape index (κ3) is 3.61. The first-order valence-corrected chi connectivity index (χ1v) is 9.07. The van der Waals surface area contributed by atoms with Crippen molar-refractivity contribution >= 4 is 50.5 Å². The topological polar surface area (TPSA) is 72.5 Å². The average Bonchev–Trinajstić information content (AvgIpc) is 2.98. The number of hydrogen-bond acceptors (Lipinski definition) is 5. The molecule has 2 rings (SSSR count). The highest BCUT2D eigenvalue weighted by molar-refractivity contribution is 7.89. The number of halogens is 2. The molecule has 0 aliphatic rings. The number of hydrogen-bond donors (Lipinski definition) is 1. The summed E-state index contributed by atoms with van der Waals surface area (Å²) in [5.74, 6) is -0.698. The van der Waals surface area contributed by atoms with E-state index >= 15 is 0 Å². The van der Waals surface area contributed by atoms with Crippen LogP contribution in [0.25, 0.3) is 0 Å². The summed E-state index contributed by atoms with van der Waals surface area (Å²) in [5, 5.41) is 2.13. The largest absolute Gasteiger partial charge is 0.465 e. The van der Waals surface area contributed by atoms with Crippen molar-refractivity contribution in [3.8, 4) is 0 Å². The van der Waals surface area contributed by atoms with Crippen molar-refractivity contribution < 1.29 is 17.9 Å². The zero-order valence-electron chi connectivity index (χ0n) is 11.3. The molecule has 0 spiro atoms. The van der Waals surface area contributed by atoms with E-state index in [0.29, 0.717) is 10.6 Å². The number of esters is 1. The number of benzene rings is 1. The van der Waals surface area contributed by atoms with E-state index in [-0.39, 0.29) is 21.3 Å². The van der Waals surface area contributed by atoms with Crippen molar-refractivity contribution in [1.29, 1.82) is 0 Å². The van der Waals surface area contributed by atoms with Crippen LogP contribution >= 0.6 is 34.5 Å². The van der Waals surface area contributed by atoms with Gasteiger partial charge in [0.25, 0.3) is 0 Å². The number of methoxy groups -OCH3 is 1. The van der Waals surface area contributed by atoms with E-state index in [1.54, 1.807) is 18.2 Å². The van der Waals surface area contributed by atoms with E-state index in [1.165, 1.54) is 18.6 Å². The highest BCUT2D eigenvalue weighted by atomic mass is 35.5. The lowest BCUT2D eigenvalue weighted by Crippen LogP contribution is -2.24. The first-order valence-electron chi connectivity index (χ1n) is 5.95. The van der Waals surface area contributed by atoms with Crippen molar-refractivity contribution in [2.45, 2.75) is 11.4 Å². The van der Waals surface area contributed by atoms with Gasteiger partial charge in [-0.2, -0.15) is 0 Å². The molecule has 0 bridgehead atoms. The van der Waals surface area contributed by atoms with Crippen molar-refractivity contribution in [1.82, 2.24) is 4.72 Å². The lowest BCUT2D eigenvalue weighted by Gasteiger charge is -2.09. The normalized spacial score (nSPS) is 11.4. The molecular formula is C13H11Cl2NO4S2. The van der Waals surface area contributed by atoms with Crippen LogP contribution in [0.2, 0.25) is 10.0 Å². The first-order chi connectivity index (χ1) is 10.4. The molecule has 0 aliphatic heterocycles. The minimum Gasteiger partial charge on any atom is -0.465 e. The number of carbonyl (C=O) groups is 1. The molecule has 9 heteroatoms. The van der Waals surface area contributed by atoms with Crippen molar-refractivity contribution in [2.24, 2.45) is 0 Å². The van der Waals surface area contributed by atoms with Gasteiger partial charge in [0.15, 0.2) is 0 Å². The fourth-order valence-electron chi connectivity index (χ4n) is 1.69. The second-order valence-corrected chi connectivity index (χ2v) is 7.58. The molecule has 118 valence electrons. The van der Waals surface area contributed by atoms with Gasteiger partial charge in [0.2, 0.25) is 10.0 Å². The van der Waals surface area contributed by atoms with Gasteiger partial charge < -0.3 is 4.74 Å². The smallest absolute Gasteiger partial charge is 0.349 e. The number of sulfonamides is 1. The summed E-state index contributed by atoms with van der Waals surface area (Å²) in [5.41, 5.74) is 0.535. The fraction of sp³-hybridized carbons (Fsp3) is 0.154. The maximum atomic E-state index is 12.3. The summed E-state index contributed by atoms with van der Waals surface area (Å²) in [6.45, 7) is -0.0435. The zero-order chi connectivity index (χ0) is 16.3. The van der Waals surface area contributed by atoms with Crippen LogP contribution in [0.1, 0.15) is 15.2 Å². The Morgan fingerprint density at radius 3 is 2.73 bits per heavy atom. The van der Waals surface area contributed by atoms with Crippen LogP contribution in [0.3, 0.4) is 0 Å². The highest BCUT2D eigenvalue weighted by Gasteiger charge is 2.24. The molecule has 0 aliphatic carbocycles. The Morgan fingerprint density at radius 2 is 2.05 bits per heavy atom. The minimum absolute atomic E-state index is 0.0205. The van der Waals surface area contributed by atoms with Crippen molar-refractivity contribution in [2.75, 3.05) is 7.11 Å². The van der Waals surface area contributed by atoms with E-state index in [1.807, 2.05) is 0 Å². The van der Waals surface area contributed by atoms with Gasteiger partial charge in [0.05, 0.1) is 17.2 Å². The van der Waals surface area contributed by atoms with Crippen molar-refractivity contribution in [3.05, 3.63) is 50.1 Å². The van der Waals surface area contributed by atoms with Crippen LogP contribution < -0.4 is 4.72 Å². The Balaban J connectivity index is 2.24. The molecule has 0 saturated carbocycles. The first kappa shape index (κ1) is 17.2. The molecular weight excluding hydrogens is 369 g/mol. The van der Waals surface area contributed by atoms with Crippen LogP contribution in [-0.2, 0) is 21.3 Å². The number of carbonyl (C=O) groups excluding carboxylic acids is 1. The van der Waals surface area contributed by atoms with Crippen LogP contribution in [0, 0.1) is 0 Å². The molecule has 0 fully saturated rings. The average molecular weight is 380 g/mol. The fourth-order valence-corrected chi connectivity index (χ4v) is 4.41. The molecule has 5 nitrogen and oxygen atoms in total. The number of thiophene rings is 1. The SMILES string of the molecule is COC(=O)c1sccc1S(=O)(=O)NCc1cccc(Cl)c1Cl. The molecule has 0 radical (unpaired) electrons. The van der Waals surface area contributed by atoms with Crippen LogP contribution in [0.15, 0.2) is 34.5 Å². The molecule has 0 amide bonds. The lowest BCUT2D eigenvalue weighted by molar-refractivity contribution is 0.0602. The Labute approximate surface area is 141 Å². The molecule has 2 aromatic rings. The van der Waals surface area contributed by atoms with Gasteiger partial charge in [0, 0.05) is 6.54 Å². The molecule has 1 N–H and O–H groups in total. The summed E-state index contributed by atoms with van der Waals surface area (Å²) in [6.07, 6.45) is 0. The van der Waals surface area contributed by atoms with Crippen LogP contribution in [0.5, 0.6) is 0 Å².